The highest BCUT2D eigenvalue weighted by Gasteiger charge is 2.08. The van der Waals surface area contributed by atoms with Gasteiger partial charge in [0.1, 0.15) is 5.83 Å². The molecule has 0 spiro atoms. The molecule has 0 saturated heterocycles. The molecule has 2 nitrogen and oxygen atoms in total. The molecule has 1 unspecified atom stereocenters. The van der Waals surface area contributed by atoms with Crippen molar-refractivity contribution in [2.75, 3.05) is 7.11 Å². The van der Waals surface area contributed by atoms with E-state index in [9.17, 15) is 9.18 Å². The number of ether oxygens (including phenoxy) is 1. The molecule has 0 radical (unpaired) electrons. The molecule has 0 saturated carbocycles. The molecule has 1 heterocycles. The van der Waals surface area contributed by atoms with Crippen molar-refractivity contribution in [3.63, 3.8) is 0 Å². The van der Waals surface area contributed by atoms with Crippen LogP contribution in [0.3, 0.4) is 0 Å². The number of hydrogen-bond acceptors (Lipinski definition) is 3. The number of carbonyl (C=O) groups is 1. The molecule has 4 heteroatoms. The Morgan fingerprint density at radius 1 is 1.30 bits per heavy atom. The van der Waals surface area contributed by atoms with E-state index in [0.29, 0.717) is 5.57 Å². The van der Waals surface area contributed by atoms with Gasteiger partial charge in [-0.25, -0.2) is 9.18 Å². The molecule has 0 fully saturated rings. The predicted molar refractivity (Wildman–Crippen MR) is 95.2 cm³/mol. The SMILES string of the molecule is COC(=O)/C=C(\C)C=C=C(F)C(C)/C=C/c1c(C)sc(C)c1C. The van der Waals surface area contributed by atoms with E-state index in [2.05, 4.69) is 31.2 Å². The van der Waals surface area contributed by atoms with Crippen LogP contribution in [0, 0.1) is 26.7 Å². The van der Waals surface area contributed by atoms with Crippen LogP contribution in [0.2, 0.25) is 0 Å². The maximum atomic E-state index is 14.1. The lowest BCUT2D eigenvalue weighted by atomic mass is 10.1. The minimum absolute atomic E-state index is 0.374. The Kier molecular flexibility index (Phi) is 7.21. The van der Waals surface area contributed by atoms with E-state index in [1.54, 1.807) is 25.2 Å². The monoisotopic (exact) mass is 334 g/mol. The molecule has 124 valence electrons. The molecule has 0 aliphatic heterocycles. The molecular weight excluding hydrogens is 311 g/mol. The van der Waals surface area contributed by atoms with E-state index in [-0.39, 0.29) is 11.7 Å². The first-order chi connectivity index (χ1) is 10.8. The van der Waals surface area contributed by atoms with Crippen molar-refractivity contribution >= 4 is 23.4 Å². The second-order valence-electron chi connectivity index (χ2n) is 5.45. The second-order valence-corrected chi connectivity index (χ2v) is 6.88. The fourth-order valence-corrected chi connectivity index (χ4v) is 3.04. The van der Waals surface area contributed by atoms with E-state index in [4.69, 9.17) is 0 Å². The predicted octanol–water partition coefficient (Wildman–Crippen LogP) is 5.45. The summed E-state index contributed by atoms with van der Waals surface area (Å²) < 4.78 is 18.6. The zero-order chi connectivity index (χ0) is 17.6. The van der Waals surface area contributed by atoms with E-state index in [1.807, 2.05) is 12.2 Å². The molecule has 0 aliphatic rings. The summed E-state index contributed by atoms with van der Waals surface area (Å²) in [6.07, 6.45) is 6.54. The summed E-state index contributed by atoms with van der Waals surface area (Å²) in [6, 6.07) is 0. The highest BCUT2D eigenvalue weighted by atomic mass is 32.1. The zero-order valence-electron chi connectivity index (χ0n) is 14.5. The molecule has 1 aromatic heterocycles. The average Bonchev–Trinajstić information content (AvgIpc) is 2.75. The van der Waals surface area contributed by atoms with Gasteiger partial charge in [0, 0.05) is 21.7 Å². The van der Waals surface area contributed by atoms with Gasteiger partial charge in [-0.15, -0.1) is 11.3 Å². The summed E-state index contributed by atoms with van der Waals surface area (Å²) >= 11 is 1.75. The molecule has 0 N–H and O–H groups in total. The average molecular weight is 334 g/mol. The van der Waals surface area contributed by atoms with Crippen LogP contribution >= 0.6 is 11.3 Å². The Bertz CT molecular complexity index is 701. The Morgan fingerprint density at radius 2 is 1.96 bits per heavy atom. The van der Waals surface area contributed by atoms with E-state index >= 15 is 0 Å². The smallest absolute Gasteiger partial charge is 0.330 e. The van der Waals surface area contributed by atoms with Gasteiger partial charge in [-0.05, 0) is 50.5 Å². The summed E-state index contributed by atoms with van der Waals surface area (Å²) in [4.78, 5) is 13.6. The summed E-state index contributed by atoms with van der Waals surface area (Å²) in [5, 5.41) is 0. The molecule has 0 aliphatic carbocycles. The van der Waals surface area contributed by atoms with Crippen molar-refractivity contribution in [3.05, 3.63) is 56.2 Å². The Labute approximate surface area is 141 Å². The van der Waals surface area contributed by atoms with Crippen LogP contribution in [0.1, 0.15) is 34.7 Å². The molecular formula is C19H23FO2S. The van der Waals surface area contributed by atoms with Crippen LogP contribution in [0.25, 0.3) is 6.08 Å². The van der Waals surface area contributed by atoms with Gasteiger partial charge in [0.15, 0.2) is 0 Å². The van der Waals surface area contributed by atoms with Crippen LogP contribution in [0.15, 0.2) is 35.4 Å². The summed E-state index contributed by atoms with van der Waals surface area (Å²) in [5.41, 5.74) is 5.58. The van der Waals surface area contributed by atoms with Crippen LogP contribution in [0.4, 0.5) is 4.39 Å². The maximum Gasteiger partial charge on any atom is 0.330 e. The minimum Gasteiger partial charge on any atom is -0.466 e. The molecule has 0 amide bonds. The van der Waals surface area contributed by atoms with Crippen molar-refractivity contribution in [1.29, 1.82) is 0 Å². The number of aryl methyl sites for hydroxylation is 2. The first-order valence-electron chi connectivity index (χ1n) is 7.39. The summed E-state index contributed by atoms with van der Waals surface area (Å²) in [7, 11) is 1.30. The fourth-order valence-electron chi connectivity index (χ4n) is 1.98. The van der Waals surface area contributed by atoms with Crippen LogP contribution in [0.5, 0.6) is 0 Å². The third-order valence-corrected chi connectivity index (χ3v) is 4.69. The minimum atomic E-state index is -0.465. The quantitative estimate of drug-likeness (QED) is 0.310. The van der Waals surface area contributed by atoms with Gasteiger partial charge < -0.3 is 4.74 Å². The number of allylic oxidation sites excluding steroid dienone is 3. The van der Waals surface area contributed by atoms with Gasteiger partial charge in [-0.2, -0.15) is 0 Å². The lowest BCUT2D eigenvalue weighted by Crippen LogP contribution is -1.94. The van der Waals surface area contributed by atoms with Crippen molar-refractivity contribution in [3.8, 4) is 0 Å². The lowest BCUT2D eigenvalue weighted by Gasteiger charge is -2.01. The third kappa shape index (κ3) is 5.66. The van der Waals surface area contributed by atoms with Crippen LogP contribution in [-0.4, -0.2) is 13.1 Å². The largest absolute Gasteiger partial charge is 0.466 e. The topological polar surface area (TPSA) is 26.3 Å². The van der Waals surface area contributed by atoms with Crippen LogP contribution in [-0.2, 0) is 9.53 Å². The van der Waals surface area contributed by atoms with Gasteiger partial charge in [0.05, 0.1) is 7.11 Å². The molecule has 0 aromatic carbocycles. The van der Waals surface area contributed by atoms with Gasteiger partial charge in [-0.3, -0.25) is 0 Å². The number of esters is 1. The van der Waals surface area contributed by atoms with Crippen molar-refractivity contribution < 1.29 is 13.9 Å². The molecule has 23 heavy (non-hydrogen) atoms. The molecule has 1 rings (SSSR count). The Morgan fingerprint density at radius 3 is 2.48 bits per heavy atom. The van der Waals surface area contributed by atoms with E-state index < -0.39 is 5.97 Å². The van der Waals surface area contributed by atoms with Crippen LogP contribution < -0.4 is 0 Å². The standard InChI is InChI=1S/C19H23FO2S/c1-12(11-19(21)22-6)7-10-18(20)13(2)8-9-17-14(3)15(4)23-16(17)5/h7-9,11,13H,1-6H3/b9-8+,12-11+. The Hall–Kier alpha value is -1.90. The molecule has 1 aromatic rings. The zero-order valence-corrected chi connectivity index (χ0v) is 15.3. The van der Waals surface area contributed by atoms with Gasteiger partial charge in [0.2, 0.25) is 0 Å². The first kappa shape index (κ1) is 19.1. The fraction of sp³-hybridized carbons (Fsp3) is 0.368. The number of carbonyl (C=O) groups excluding carboxylic acids is 1. The lowest BCUT2D eigenvalue weighted by molar-refractivity contribution is -0.134. The van der Waals surface area contributed by atoms with E-state index in [1.165, 1.54) is 34.6 Å². The van der Waals surface area contributed by atoms with Crippen molar-refractivity contribution in [1.82, 2.24) is 0 Å². The highest BCUT2D eigenvalue weighted by molar-refractivity contribution is 7.12. The number of halogens is 1. The molecule has 1 atom stereocenters. The number of rotatable bonds is 5. The van der Waals surface area contributed by atoms with Gasteiger partial charge in [-0.1, -0.05) is 24.8 Å². The summed E-state index contributed by atoms with van der Waals surface area (Å²) in [6.45, 7) is 9.71. The van der Waals surface area contributed by atoms with Gasteiger partial charge in [0.25, 0.3) is 0 Å². The maximum absolute atomic E-state index is 14.1. The highest BCUT2D eigenvalue weighted by Crippen LogP contribution is 2.28. The number of methoxy groups -OCH3 is 1. The van der Waals surface area contributed by atoms with E-state index in [0.717, 1.165) is 5.56 Å². The van der Waals surface area contributed by atoms with Crippen molar-refractivity contribution in [2.45, 2.75) is 34.6 Å². The summed E-state index contributed by atoms with van der Waals surface area (Å²) in [5.74, 6) is -1.22. The van der Waals surface area contributed by atoms with Crippen molar-refractivity contribution in [2.24, 2.45) is 5.92 Å². The van der Waals surface area contributed by atoms with Gasteiger partial charge >= 0.3 is 5.97 Å². The molecule has 0 bridgehead atoms. The number of thiophene rings is 1. The second kappa shape index (κ2) is 8.66. The normalized spacial score (nSPS) is 12.9. The Balaban J connectivity index is 2.90. The third-order valence-electron chi connectivity index (χ3n) is 3.55. The first-order valence-corrected chi connectivity index (χ1v) is 8.21. The number of hydrogen-bond donors (Lipinski definition) is 0.